The van der Waals surface area contributed by atoms with E-state index in [1.165, 1.54) is 18.7 Å². The van der Waals surface area contributed by atoms with E-state index in [0.717, 1.165) is 38.2 Å². The summed E-state index contributed by atoms with van der Waals surface area (Å²) in [7, 11) is 3.17. The first-order valence-electron chi connectivity index (χ1n) is 10.8. The van der Waals surface area contributed by atoms with Crippen LogP contribution in [0.4, 0.5) is 5.69 Å². The Balaban J connectivity index is 1.49. The minimum atomic E-state index is -0.254. The zero-order valence-corrected chi connectivity index (χ0v) is 19.7. The molecule has 0 spiro atoms. The summed E-state index contributed by atoms with van der Waals surface area (Å²) in [6.45, 7) is 5.24. The third kappa shape index (κ3) is 6.28. The van der Waals surface area contributed by atoms with Gasteiger partial charge in [0, 0.05) is 32.8 Å². The number of benzene rings is 2. The molecular formula is C24H32ClN3O4. The Morgan fingerprint density at radius 2 is 2.00 bits per heavy atom. The van der Waals surface area contributed by atoms with Gasteiger partial charge in [-0.05, 0) is 38.0 Å². The molecule has 2 atom stereocenters. The van der Waals surface area contributed by atoms with Gasteiger partial charge in [0.1, 0.15) is 11.5 Å². The van der Waals surface area contributed by atoms with E-state index in [4.69, 9.17) is 31.5 Å². The summed E-state index contributed by atoms with van der Waals surface area (Å²) in [6.07, 6.45) is 1.59. The molecule has 1 saturated heterocycles. The van der Waals surface area contributed by atoms with E-state index in [2.05, 4.69) is 17.1 Å². The second kappa shape index (κ2) is 11.4. The normalized spacial score (nSPS) is 18.9. The molecule has 2 aromatic rings. The van der Waals surface area contributed by atoms with Crippen molar-refractivity contribution in [3.05, 3.63) is 52.5 Å². The van der Waals surface area contributed by atoms with Gasteiger partial charge >= 0.3 is 0 Å². The molecule has 1 heterocycles. The number of ether oxygens (including phenoxy) is 3. The minimum Gasteiger partial charge on any atom is -0.496 e. The lowest BCUT2D eigenvalue weighted by molar-refractivity contribution is 0.00527. The molecule has 0 aliphatic carbocycles. The molecule has 1 fully saturated rings. The Hall–Kier alpha value is -2.48. The van der Waals surface area contributed by atoms with Gasteiger partial charge in [0.15, 0.2) is 0 Å². The van der Waals surface area contributed by atoms with E-state index in [1.807, 2.05) is 24.3 Å². The number of carbonyl (C=O) groups excluding carboxylic acids is 1. The molecule has 3 N–H and O–H groups in total. The maximum absolute atomic E-state index is 12.9. The number of hydrogen-bond donors (Lipinski definition) is 2. The fraction of sp³-hybridized carbons (Fsp3) is 0.458. The Morgan fingerprint density at radius 1 is 1.25 bits per heavy atom. The number of halogens is 1. The van der Waals surface area contributed by atoms with Crippen LogP contribution in [0.15, 0.2) is 36.4 Å². The van der Waals surface area contributed by atoms with Crippen LogP contribution in [-0.4, -0.2) is 63.4 Å². The quantitative estimate of drug-likeness (QED) is 0.439. The number of methoxy groups -OCH3 is 2. The number of piperidine rings is 1. The SMILES string of the molecule is COc1cc(N)c(Cl)cc1C(=O)NC1CCN(CCCOc2ccc(C)cc2)CC1OC. The summed E-state index contributed by atoms with van der Waals surface area (Å²) in [5.74, 6) is 1.03. The third-order valence-corrected chi connectivity index (χ3v) is 6.06. The van der Waals surface area contributed by atoms with Crippen LogP contribution in [-0.2, 0) is 4.74 Å². The van der Waals surface area contributed by atoms with Crippen LogP contribution in [0.2, 0.25) is 5.02 Å². The number of aryl methyl sites for hydroxylation is 1. The summed E-state index contributed by atoms with van der Waals surface area (Å²) in [4.78, 5) is 15.2. The molecule has 0 radical (unpaired) electrons. The molecule has 7 nitrogen and oxygen atoms in total. The fourth-order valence-corrected chi connectivity index (χ4v) is 4.03. The van der Waals surface area contributed by atoms with Gasteiger partial charge < -0.3 is 30.2 Å². The number of anilines is 1. The first kappa shape index (κ1) is 24.2. The van der Waals surface area contributed by atoms with Crippen molar-refractivity contribution in [3.63, 3.8) is 0 Å². The minimum absolute atomic E-state index is 0.103. The Labute approximate surface area is 194 Å². The fourth-order valence-electron chi connectivity index (χ4n) is 3.86. The second-order valence-corrected chi connectivity index (χ2v) is 8.44. The highest BCUT2D eigenvalue weighted by Crippen LogP contribution is 2.29. The number of nitrogens with two attached hydrogens (primary N) is 1. The van der Waals surface area contributed by atoms with Gasteiger partial charge in [-0.1, -0.05) is 29.3 Å². The lowest BCUT2D eigenvalue weighted by Gasteiger charge is -2.38. The number of hydrogen-bond acceptors (Lipinski definition) is 6. The van der Waals surface area contributed by atoms with E-state index in [1.54, 1.807) is 13.2 Å². The Kier molecular flexibility index (Phi) is 8.61. The molecular weight excluding hydrogens is 430 g/mol. The van der Waals surface area contributed by atoms with Gasteiger partial charge in [0.2, 0.25) is 0 Å². The van der Waals surface area contributed by atoms with E-state index < -0.39 is 0 Å². The molecule has 1 amide bonds. The smallest absolute Gasteiger partial charge is 0.255 e. The lowest BCUT2D eigenvalue weighted by atomic mass is 10.0. The van der Waals surface area contributed by atoms with Crippen LogP contribution < -0.4 is 20.5 Å². The van der Waals surface area contributed by atoms with Crippen LogP contribution in [0.3, 0.4) is 0 Å². The predicted octanol–water partition coefficient (Wildman–Crippen LogP) is 3.53. The molecule has 0 aromatic heterocycles. The van der Waals surface area contributed by atoms with Crippen molar-refractivity contribution in [3.8, 4) is 11.5 Å². The molecule has 32 heavy (non-hydrogen) atoms. The number of rotatable bonds is 9. The molecule has 174 valence electrons. The molecule has 2 unspecified atom stereocenters. The summed E-state index contributed by atoms with van der Waals surface area (Å²) in [5.41, 5.74) is 7.77. The van der Waals surface area contributed by atoms with E-state index in [0.29, 0.717) is 28.6 Å². The molecule has 1 aliphatic rings. The van der Waals surface area contributed by atoms with Crippen molar-refractivity contribution in [1.29, 1.82) is 0 Å². The van der Waals surface area contributed by atoms with Gasteiger partial charge in [0.25, 0.3) is 5.91 Å². The van der Waals surface area contributed by atoms with Crippen molar-refractivity contribution in [2.75, 3.05) is 46.2 Å². The molecule has 0 bridgehead atoms. The Morgan fingerprint density at radius 3 is 2.69 bits per heavy atom. The zero-order valence-electron chi connectivity index (χ0n) is 18.9. The van der Waals surface area contributed by atoms with Gasteiger partial charge in [-0.25, -0.2) is 0 Å². The van der Waals surface area contributed by atoms with Crippen molar-refractivity contribution < 1.29 is 19.0 Å². The van der Waals surface area contributed by atoms with Gasteiger partial charge in [-0.2, -0.15) is 0 Å². The lowest BCUT2D eigenvalue weighted by Crippen LogP contribution is -2.55. The van der Waals surface area contributed by atoms with E-state index in [-0.39, 0.29) is 18.1 Å². The van der Waals surface area contributed by atoms with Gasteiger partial charge in [-0.3, -0.25) is 4.79 Å². The van der Waals surface area contributed by atoms with Crippen molar-refractivity contribution in [2.45, 2.75) is 31.9 Å². The van der Waals surface area contributed by atoms with Crippen LogP contribution in [0, 0.1) is 6.92 Å². The monoisotopic (exact) mass is 461 g/mol. The average molecular weight is 462 g/mol. The molecule has 8 heteroatoms. The molecule has 2 aromatic carbocycles. The number of nitrogens with zero attached hydrogens (tertiary/aromatic N) is 1. The molecule has 1 aliphatic heterocycles. The highest BCUT2D eigenvalue weighted by Gasteiger charge is 2.31. The number of nitrogens with one attached hydrogen (secondary N) is 1. The first-order chi connectivity index (χ1) is 15.4. The number of likely N-dealkylation sites (tertiary alicyclic amines) is 1. The number of carbonyl (C=O) groups is 1. The number of nitrogen functional groups attached to an aromatic ring is 1. The second-order valence-electron chi connectivity index (χ2n) is 8.03. The highest BCUT2D eigenvalue weighted by atomic mass is 35.5. The molecule has 3 rings (SSSR count). The van der Waals surface area contributed by atoms with Crippen LogP contribution in [0.25, 0.3) is 0 Å². The number of amides is 1. The summed E-state index contributed by atoms with van der Waals surface area (Å²) in [5, 5.41) is 3.40. The summed E-state index contributed by atoms with van der Waals surface area (Å²) < 4.78 is 16.8. The van der Waals surface area contributed by atoms with Crippen molar-refractivity contribution in [2.24, 2.45) is 0 Å². The van der Waals surface area contributed by atoms with Crippen molar-refractivity contribution in [1.82, 2.24) is 10.2 Å². The third-order valence-electron chi connectivity index (χ3n) is 5.73. The topological polar surface area (TPSA) is 86.0 Å². The summed E-state index contributed by atoms with van der Waals surface area (Å²) >= 11 is 6.11. The summed E-state index contributed by atoms with van der Waals surface area (Å²) in [6, 6.07) is 11.1. The van der Waals surface area contributed by atoms with E-state index in [9.17, 15) is 4.79 Å². The highest BCUT2D eigenvalue weighted by molar-refractivity contribution is 6.33. The largest absolute Gasteiger partial charge is 0.496 e. The Bertz CT molecular complexity index is 907. The predicted molar refractivity (Wildman–Crippen MR) is 127 cm³/mol. The van der Waals surface area contributed by atoms with Crippen LogP contribution in [0.1, 0.15) is 28.8 Å². The maximum Gasteiger partial charge on any atom is 0.255 e. The van der Waals surface area contributed by atoms with Crippen LogP contribution >= 0.6 is 11.6 Å². The van der Waals surface area contributed by atoms with Gasteiger partial charge in [0.05, 0.1) is 42.1 Å². The van der Waals surface area contributed by atoms with E-state index >= 15 is 0 Å². The average Bonchev–Trinajstić information content (AvgIpc) is 2.80. The van der Waals surface area contributed by atoms with Crippen molar-refractivity contribution >= 4 is 23.2 Å². The maximum atomic E-state index is 12.9. The van der Waals surface area contributed by atoms with Crippen LogP contribution in [0.5, 0.6) is 11.5 Å². The first-order valence-corrected chi connectivity index (χ1v) is 11.2. The van der Waals surface area contributed by atoms with Gasteiger partial charge in [-0.15, -0.1) is 0 Å². The standard InChI is InChI=1S/C24H32ClN3O4/c1-16-5-7-17(8-6-16)32-12-4-10-28-11-9-21(23(15-28)31-3)27-24(29)18-13-19(25)20(26)14-22(18)30-2/h5-8,13-14,21,23H,4,9-12,15,26H2,1-3H3,(H,27,29). The zero-order chi connectivity index (χ0) is 23.1. The molecule has 0 saturated carbocycles.